The first-order chi connectivity index (χ1) is 9.76. The van der Waals surface area contributed by atoms with Crippen molar-refractivity contribution >= 4 is 11.7 Å². The highest BCUT2D eigenvalue weighted by atomic mass is 16.5. The molecule has 0 aliphatic heterocycles. The van der Waals surface area contributed by atoms with E-state index in [1.54, 1.807) is 6.20 Å². The summed E-state index contributed by atoms with van der Waals surface area (Å²) in [5.41, 5.74) is 0.950. The van der Waals surface area contributed by atoms with Crippen LogP contribution in [0.2, 0.25) is 0 Å². The molecule has 0 saturated heterocycles. The number of ether oxygens (including phenoxy) is 1. The first-order valence-electron chi connectivity index (χ1n) is 7.41. The molecule has 0 aliphatic rings. The summed E-state index contributed by atoms with van der Waals surface area (Å²) in [5, 5.41) is 3.03. The molecule has 1 atom stereocenters. The smallest absolute Gasteiger partial charge is 0.332 e. The number of para-hydroxylation sites is 1. The number of nitrogens with one attached hydrogen (secondary N) is 1. The Morgan fingerprint density at radius 3 is 2.70 bits per heavy atom. The highest BCUT2D eigenvalue weighted by Gasteiger charge is 2.08. The third-order valence-corrected chi connectivity index (χ3v) is 3.25. The van der Waals surface area contributed by atoms with E-state index >= 15 is 0 Å². The summed E-state index contributed by atoms with van der Waals surface area (Å²) in [6.45, 7) is 4.84. The molecule has 0 aliphatic carbocycles. The second-order valence-corrected chi connectivity index (χ2v) is 4.89. The second-order valence-electron chi connectivity index (χ2n) is 4.89. The molecule has 0 aromatic heterocycles. The Kier molecular flexibility index (Phi) is 8.20. The van der Waals surface area contributed by atoms with Crippen LogP contribution >= 0.6 is 0 Å². The summed E-state index contributed by atoms with van der Waals surface area (Å²) >= 11 is 0. The van der Waals surface area contributed by atoms with E-state index in [1.807, 2.05) is 30.3 Å². The minimum absolute atomic E-state index is 0.289. The van der Waals surface area contributed by atoms with Gasteiger partial charge in [-0.15, -0.1) is 0 Å². The van der Waals surface area contributed by atoms with Crippen molar-refractivity contribution < 1.29 is 9.53 Å². The van der Waals surface area contributed by atoms with Gasteiger partial charge in [0.15, 0.2) is 0 Å². The molecule has 0 spiro atoms. The lowest BCUT2D eigenvalue weighted by Crippen LogP contribution is -2.12. The van der Waals surface area contributed by atoms with Crippen molar-refractivity contribution in [1.29, 1.82) is 0 Å². The van der Waals surface area contributed by atoms with E-state index in [0.29, 0.717) is 12.5 Å². The van der Waals surface area contributed by atoms with E-state index in [1.165, 1.54) is 18.9 Å². The molecule has 0 heterocycles. The fourth-order valence-corrected chi connectivity index (χ4v) is 1.89. The second kappa shape index (κ2) is 10.1. The van der Waals surface area contributed by atoms with Crippen LogP contribution in [0.5, 0.6) is 0 Å². The van der Waals surface area contributed by atoms with Gasteiger partial charge in [0.2, 0.25) is 0 Å². The van der Waals surface area contributed by atoms with Crippen molar-refractivity contribution in [1.82, 2.24) is 0 Å². The highest BCUT2D eigenvalue weighted by Crippen LogP contribution is 2.13. The largest absolute Gasteiger partial charge is 0.462 e. The van der Waals surface area contributed by atoms with E-state index in [0.717, 1.165) is 18.5 Å². The van der Waals surface area contributed by atoms with Crippen molar-refractivity contribution in [2.75, 3.05) is 11.9 Å². The summed E-state index contributed by atoms with van der Waals surface area (Å²) in [7, 11) is 0. The van der Waals surface area contributed by atoms with E-state index in [-0.39, 0.29) is 5.97 Å². The summed E-state index contributed by atoms with van der Waals surface area (Å²) < 4.78 is 5.26. The Labute approximate surface area is 122 Å². The predicted molar refractivity (Wildman–Crippen MR) is 83.5 cm³/mol. The average Bonchev–Trinajstić information content (AvgIpc) is 2.48. The lowest BCUT2D eigenvalue weighted by atomic mass is 10.0. The quantitative estimate of drug-likeness (QED) is 0.537. The Morgan fingerprint density at radius 1 is 1.30 bits per heavy atom. The van der Waals surface area contributed by atoms with Crippen LogP contribution in [-0.2, 0) is 9.53 Å². The number of benzene rings is 1. The molecule has 1 N–H and O–H groups in total. The molecule has 0 fully saturated rings. The minimum atomic E-state index is -0.289. The number of esters is 1. The monoisotopic (exact) mass is 275 g/mol. The topological polar surface area (TPSA) is 38.3 Å². The summed E-state index contributed by atoms with van der Waals surface area (Å²) in [4.78, 5) is 11.6. The molecule has 1 rings (SSSR count). The zero-order valence-electron chi connectivity index (χ0n) is 12.5. The van der Waals surface area contributed by atoms with Crippen molar-refractivity contribution in [2.24, 2.45) is 5.92 Å². The average molecular weight is 275 g/mol. The standard InChI is InChI=1S/C17H25NO2/c1-3-5-9-15(4-2)14-20-17(19)12-13-18-16-10-7-6-8-11-16/h6-8,10-13,15,18H,3-5,9,14H2,1-2H3/b13-12-. The number of anilines is 1. The Morgan fingerprint density at radius 2 is 2.05 bits per heavy atom. The van der Waals surface area contributed by atoms with E-state index in [4.69, 9.17) is 4.74 Å². The van der Waals surface area contributed by atoms with Crippen LogP contribution < -0.4 is 5.32 Å². The Bertz CT molecular complexity index is 401. The zero-order chi connectivity index (χ0) is 14.6. The highest BCUT2D eigenvalue weighted by molar-refractivity contribution is 5.82. The van der Waals surface area contributed by atoms with Crippen LogP contribution in [0.3, 0.4) is 0 Å². The number of carbonyl (C=O) groups is 1. The fraction of sp³-hybridized carbons (Fsp3) is 0.471. The van der Waals surface area contributed by atoms with Crippen LogP contribution in [-0.4, -0.2) is 12.6 Å². The van der Waals surface area contributed by atoms with Gasteiger partial charge >= 0.3 is 5.97 Å². The predicted octanol–water partition coefficient (Wildman–Crippen LogP) is 4.37. The number of unbranched alkanes of at least 4 members (excludes halogenated alkanes) is 1. The molecule has 0 bridgehead atoms. The van der Waals surface area contributed by atoms with Crippen molar-refractivity contribution in [3.63, 3.8) is 0 Å². The summed E-state index contributed by atoms with van der Waals surface area (Å²) in [5.74, 6) is 0.192. The molecule has 3 nitrogen and oxygen atoms in total. The van der Waals surface area contributed by atoms with Crippen molar-refractivity contribution in [3.8, 4) is 0 Å². The van der Waals surface area contributed by atoms with Crippen LogP contribution in [0.4, 0.5) is 5.69 Å². The lowest BCUT2D eigenvalue weighted by molar-refractivity contribution is -0.139. The normalized spacial score (nSPS) is 12.3. The maximum absolute atomic E-state index is 11.6. The number of rotatable bonds is 9. The van der Waals surface area contributed by atoms with Gasteiger partial charge in [0.25, 0.3) is 0 Å². The molecule has 1 aromatic rings. The van der Waals surface area contributed by atoms with Crippen LogP contribution in [0.15, 0.2) is 42.6 Å². The summed E-state index contributed by atoms with van der Waals surface area (Å²) in [6.07, 6.45) is 7.61. The number of hydrogen-bond donors (Lipinski definition) is 1. The first-order valence-corrected chi connectivity index (χ1v) is 7.41. The van der Waals surface area contributed by atoms with Gasteiger partial charge in [0, 0.05) is 18.0 Å². The van der Waals surface area contributed by atoms with Crippen LogP contribution in [0.1, 0.15) is 39.5 Å². The third kappa shape index (κ3) is 6.98. The SMILES string of the molecule is CCCCC(CC)COC(=O)/C=C\Nc1ccccc1. The number of carbonyl (C=O) groups excluding carboxylic acids is 1. The third-order valence-electron chi connectivity index (χ3n) is 3.25. The van der Waals surface area contributed by atoms with Gasteiger partial charge in [0.05, 0.1) is 6.61 Å². The molecular formula is C17H25NO2. The zero-order valence-corrected chi connectivity index (χ0v) is 12.5. The van der Waals surface area contributed by atoms with Crippen molar-refractivity contribution in [2.45, 2.75) is 39.5 Å². The van der Waals surface area contributed by atoms with Gasteiger partial charge in [-0.1, -0.05) is 51.3 Å². The fourth-order valence-electron chi connectivity index (χ4n) is 1.89. The van der Waals surface area contributed by atoms with Gasteiger partial charge in [-0.25, -0.2) is 4.79 Å². The van der Waals surface area contributed by atoms with Crippen LogP contribution in [0.25, 0.3) is 0 Å². The Balaban J connectivity index is 2.25. The van der Waals surface area contributed by atoms with Gasteiger partial charge in [-0.05, 0) is 24.5 Å². The van der Waals surface area contributed by atoms with Gasteiger partial charge in [-0.2, -0.15) is 0 Å². The molecule has 3 heteroatoms. The first kappa shape index (κ1) is 16.3. The summed E-state index contributed by atoms with van der Waals surface area (Å²) in [6, 6.07) is 9.70. The van der Waals surface area contributed by atoms with Gasteiger partial charge < -0.3 is 10.1 Å². The lowest BCUT2D eigenvalue weighted by Gasteiger charge is -2.13. The molecule has 0 saturated carbocycles. The molecular weight excluding hydrogens is 250 g/mol. The van der Waals surface area contributed by atoms with Crippen LogP contribution in [0, 0.1) is 5.92 Å². The number of hydrogen-bond acceptors (Lipinski definition) is 3. The molecule has 1 unspecified atom stereocenters. The maximum Gasteiger partial charge on any atom is 0.332 e. The molecule has 110 valence electrons. The molecule has 0 amide bonds. The Hall–Kier alpha value is -1.77. The van der Waals surface area contributed by atoms with Crippen molar-refractivity contribution in [3.05, 3.63) is 42.6 Å². The van der Waals surface area contributed by atoms with Gasteiger partial charge in [-0.3, -0.25) is 0 Å². The molecule has 0 radical (unpaired) electrons. The van der Waals surface area contributed by atoms with E-state index in [2.05, 4.69) is 19.2 Å². The molecule has 20 heavy (non-hydrogen) atoms. The minimum Gasteiger partial charge on any atom is -0.462 e. The van der Waals surface area contributed by atoms with Gasteiger partial charge in [0.1, 0.15) is 0 Å². The van der Waals surface area contributed by atoms with E-state index < -0.39 is 0 Å². The molecule has 1 aromatic carbocycles. The van der Waals surface area contributed by atoms with E-state index in [9.17, 15) is 4.79 Å². The maximum atomic E-state index is 11.6.